The van der Waals surface area contributed by atoms with Gasteiger partial charge in [0.1, 0.15) is 0 Å². The Morgan fingerprint density at radius 1 is 1.20 bits per heavy atom. The summed E-state index contributed by atoms with van der Waals surface area (Å²) in [6.07, 6.45) is 1.05. The van der Waals surface area contributed by atoms with E-state index in [9.17, 15) is 0 Å². The highest BCUT2D eigenvalue weighted by Gasteiger charge is 2.02. The van der Waals surface area contributed by atoms with Crippen molar-refractivity contribution >= 4 is 16.6 Å². The largest absolute Gasteiger partial charge is 0.193 e. The highest BCUT2D eigenvalue weighted by Crippen LogP contribution is 2.16. The SMILES string of the molecule is CCc1ccc2c(ccc3nnnn32)c1. The topological polar surface area (TPSA) is 43.1 Å². The quantitative estimate of drug-likeness (QED) is 0.599. The zero-order valence-corrected chi connectivity index (χ0v) is 8.38. The molecule has 0 unspecified atom stereocenters. The molecule has 3 aromatic rings. The number of aryl methyl sites for hydroxylation is 1. The van der Waals surface area contributed by atoms with Gasteiger partial charge in [0, 0.05) is 5.39 Å². The minimum absolute atomic E-state index is 0.784. The van der Waals surface area contributed by atoms with E-state index in [4.69, 9.17) is 0 Å². The van der Waals surface area contributed by atoms with Crippen molar-refractivity contribution in [3.63, 3.8) is 0 Å². The maximum Gasteiger partial charge on any atom is 0.179 e. The first-order valence-corrected chi connectivity index (χ1v) is 4.98. The van der Waals surface area contributed by atoms with Crippen LogP contribution >= 0.6 is 0 Å². The maximum atomic E-state index is 3.96. The van der Waals surface area contributed by atoms with Crippen molar-refractivity contribution in [2.24, 2.45) is 0 Å². The smallest absolute Gasteiger partial charge is 0.179 e. The Labute approximate surface area is 86.5 Å². The molecule has 0 amide bonds. The molecule has 0 aliphatic rings. The van der Waals surface area contributed by atoms with Crippen LogP contribution in [0.2, 0.25) is 0 Å². The molecule has 2 aromatic heterocycles. The first-order valence-electron chi connectivity index (χ1n) is 4.98. The fourth-order valence-electron chi connectivity index (χ4n) is 1.78. The minimum atomic E-state index is 0.784. The molecular weight excluding hydrogens is 188 g/mol. The van der Waals surface area contributed by atoms with E-state index in [0.717, 1.165) is 17.6 Å². The molecule has 0 saturated heterocycles. The van der Waals surface area contributed by atoms with Gasteiger partial charge < -0.3 is 0 Å². The van der Waals surface area contributed by atoms with Crippen LogP contribution in [0, 0.1) is 0 Å². The van der Waals surface area contributed by atoms with Crippen molar-refractivity contribution in [1.29, 1.82) is 0 Å². The molecule has 0 fully saturated rings. The lowest BCUT2D eigenvalue weighted by molar-refractivity contribution is 0.841. The van der Waals surface area contributed by atoms with Crippen molar-refractivity contribution < 1.29 is 0 Å². The van der Waals surface area contributed by atoms with Gasteiger partial charge in [-0.15, -0.1) is 5.10 Å². The Kier molecular flexibility index (Phi) is 1.68. The molecule has 0 aliphatic heterocycles. The van der Waals surface area contributed by atoms with E-state index in [1.807, 2.05) is 6.07 Å². The molecule has 0 aliphatic carbocycles. The first-order chi connectivity index (χ1) is 7.38. The number of rotatable bonds is 1. The summed E-state index contributed by atoms with van der Waals surface area (Å²) in [5.74, 6) is 0. The standard InChI is InChI=1S/C11H10N4/c1-2-8-3-5-10-9(7-8)4-6-11-12-13-14-15(10)11/h3-7H,2H2,1H3. The molecule has 0 bridgehead atoms. The molecule has 0 saturated carbocycles. The molecule has 15 heavy (non-hydrogen) atoms. The Balaban J connectivity index is 2.44. The third kappa shape index (κ3) is 1.18. The summed E-state index contributed by atoms with van der Waals surface area (Å²) in [6, 6.07) is 10.3. The number of nitrogens with zero attached hydrogens (tertiary/aromatic N) is 4. The summed E-state index contributed by atoms with van der Waals surface area (Å²) in [5, 5.41) is 12.7. The summed E-state index contributed by atoms with van der Waals surface area (Å²) in [7, 11) is 0. The second kappa shape index (κ2) is 3.02. The van der Waals surface area contributed by atoms with E-state index in [1.54, 1.807) is 4.52 Å². The molecule has 0 atom stereocenters. The van der Waals surface area contributed by atoms with Crippen LogP contribution in [0.15, 0.2) is 30.3 Å². The van der Waals surface area contributed by atoms with Crippen LogP contribution < -0.4 is 0 Å². The zero-order chi connectivity index (χ0) is 10.3. The predicted molar refractivity (Wildman–Crippen MR) is 57.7 cm³/mol. The van der Waals surface area contributed by atoms with E-state index in [-0.39, 0.29) is 0 Å². The molecule has 3 rings (SSSR count). The number of fused-ring (bicyclic) bond motifs is 3. The minimum Gasteiger partial charge on any atom is -0.193 e. The fourth-order valence-corrected chi connectivity index (χ4v) is 1.78. The Hall–Kier alpha value is -1.97. The number of benzene rings is 1. The van der Waals surface area contributed by atoms with Gasteiger partial charge in [0.05, 0.1) is 5.52 Å². The van der Waals surface area contributed by atoms with Crippen LogP contribution in [0.5, 0.6) is 0 Å². The van der Waals surface area contributed by atoms with Gasteiger partial charge in [0.2, 0.25) is 0 Å². The average Bonchev–Trinajstić information content (AvgIpc) is 2.76. The van der Waals surface area contributed by atoms with Crippen molar-refractivity contribution in [1.82, 2.24) is 20.0 Å². The van der Waals surface area contributed by atoms with E-state index >= 15 is 0 Å². The monoisotopic (exact) mass is 198 g/mol. The number of hydrogen-bond donors (Lipinski definition) is 0. The van der Waals surface area contributed by atoms with E-state index in [0.29, 0.717) is 0 Å². The van der Waals surface area contributed by atoms with E-state index in [1.165, 1.54) is 10.9 Å². The van der Waals surface area contributed by atoms with Gasteiger partial charge in [-0.3, -0.25) is 0 Å². The van der Waals surface area contributed by atoms with Crippen LogP contribution in [0.4, 0.5) is 0 Å². The van der Waals surface area contributed by atoms with Gasteiger partial charge in [-0.2, -0.15) is 4.52 Å². The van der Waals surface area contributed by atoms with Crippen LogP contribution in [0.1, 0.15) is 12.5 Å². The Morgan fingerprint density at radius 2 is 2.13 bits per heavy atom. The van der Waals surface area contributed by atoms with Crippen molar-refractivity contribution in [2.45, 2.75) is 13.3 Å². The molecule has 0 radical (unpaired) electrons. The van der Waals surface area contributed by atoms with Gasteiger partial charge in [-0.1, -0.05) is 13.0 Å². The molecule has 1 aromatic carbocycles. The lowest BCUT2D eigenvalue weighted by Gasteiger charge is -2.01. The van der Waals surface area contributed by atoms with Crippen molar-refractivity contribution in [3.05, 3.63) is 35.9 Å². The summed E-state index contributed by atoms with van der Waals surface area (Å²) in [6.45, 7) is 2.15. The lowest BCUT2D eigenvalue weighted by Crippen LogP contribution is -1.91. The predicted octanol–water partition coefficient (Wildman–Crippen LogP) is 1.84. The molecule has 74 valence electrons. The second-order valence-corrected chi connectivity index (χ2v) is 3.53. The highest BCUT2D eigenvalue weighted by molar-refractivity contribution is 5.81. The maximum absolute atomic E-state index is 3.96. The fraction of sp³-hybridized carbons (Fsp3) is 0.182. The molecule has 0 N–H and O–H groups in total. The number of pyridine rings is 1. The average molecular weight is 198 g/mol. The third-order valence-electron chi connectivity index (χ3n) is 2.63. The zero-order valence-electron chi connectivity index (χ0n) is 8.38. The highest BCUT2D eigenvalue weighted by atomic mass is 15.5. The van der Waals surface area contributed by atoms with Gasteiger partial charge in [-0.25, -0.2) is 0 Å². The summed E-state index contributed by atoms with van der Waals surface area (Å²) < 4.78 is 1.76. The Bertz CT molecular complexity index is 627. The van der Waals surface area contributed by atoms with Crippen LogP contribution in [-0.4, -0.2) is 20.0 Å². The van der Waals surface area contributed by atoms with E-state index in [2.05, 4.69) is 46.7 Å². The van der Waals surface area contributed by atoms with Crippen LogP contribution in [0.25, 0.3) is 16.6 Å². The third-order valence-corrected chi connectivity index (χ3v) is 2.63. The number of tetrazole rings is 1. The first kappa shape index (κ1) is 8.35. The van der Waals surface area contributed by atoms with Crippen LogP contribution in [-0.2, 0) is 6.42 Å². The Morgan fingerprint density at radius 3 is 3.00 bits per heavy atom. The summed E-state index contributed by atoms with van der Waals surface area (Å²) >= 11 is 0. The van der Waals surface area contributed by atoms with Gasteiger partial charge in [0.15, 0.2) is 5.65 Å². The molecular formula is C11H10N4. The van der Waals surface area contributed by atoms with E-state index < -0.39 is 0 Å². The molecule has 4 nitrogen and oxygen atoms in total. The number of hydrogen-bond acceptors (Lipinski definition) is 3. The lowest BCUT2D eigenvalue weighted by atomic mass is 10.1. The molecule has 0 spiro atoms. The normalized spacial score (nSPS) is 11.3. The second-order valence-electron chi connectivity index (χ2n) is 3.53. The molecule has 2 heterocycles. The van der Waals surface area contributed by atoms with Gasteiger partial charge in [0.25, 0.3) is 0 Å². The molecule has 4 heteroatoms. The van der Waals surface area contributed by atoms with Crippen LogP contribution in [0.3, 0.4) is 0 Å². The summed E-state index contributed by atoms with van der Waals surface area (Å²) in [4.78, 5) is 0. The van der Waals surface area contributed by atoms with Gasteiger partial charge >= 0.3 is 0 Å². The summed E-state index contributed by atoms with van der Waals surface area (Å²) in [5.41, 5.74) is 3.16. The van der Waals surface area contributed by atoms with Gasteiger partial charge in [-0.05, 0) is 46.7 Å². The van der Waals surface area contributed by atoms with Crippen molar-refractivity contribution in [2.75, 3.05) is 0 Å². The van der Waals surface area contributed by atoms with Crippen molar-refractivity contribution in [3.8, 4) is 0 Å². The number of aromatic nitrogens is 4.